The van der Waals surface area contributed by atoms with Crippen molar-refractivity contribution in [3.05, 3.63) is 64.3 Å². The Balaban J connectivity index is 1.57. The van der Waals surface area contributed by atoms with Crippen LogP contribution >= 0.6 is 23.4 Å². The van der Waals surface area contributed by atoms with Crippen LogP contribution in [0.2, 0.25) is 5.02 Å². The second-order valence-electron chi connectivity index (χ2n) is 10.9. The molecule has 1 atom stereocenters. The number of hydrogen-bond acceptors (Lipinski definition) is 6. The molecule has 38 heavy (non-hydrogen) atoms. The third-order valence-electron chi connectivity index (χ3n) is 6.80. The van der Waals surface area contributed by atoms with Gasteiger partial charge in [-0.05, 0) is 48.7 Å². The van der Waals surface area contributed by atoms with E-state index in [1.165, 1.54) is 11.8 Å². The number of carbonyl (C=O) groups excluding carboxylic acids is 2. The molecule has 3 heterocycles. The highest BCUT2D eigenvalue weighted by Gasteiger charge is 2.40. The number of rotatable bonds is 5. The van der Waals surface area contributed by atoms with Crippen molar-refractivity contribution >= 4 is 41.0 Å². The Morgan fingerprint density at radius 3 is 2.68 bits per heavy atom. The van der Waals surface area contributed by atoms with Crippen LogP contribution < -0.4 is 19.7 Å². The van der Waals surface area contributed by atoms with Gasteiger partial charge < -0.3 is 14.8 Å². The minimum atomic E-state index is -0.349. The summed E-state index contributed by atoms with van der Waals surface area (Å²) in [5.41, 5.74) is 3.12. The van der Waals surface area contributed by atoms with Crippen molar-refractivity contribution in [3.8, 4) is 17.2 Å². The molecule has 0 spiro atoms. The summed E-state index contributed by atoms with van der Waals surface area (Å²) in [6.45, 7) is 6.43. The molecule has 2 amide bonds. The van der Waals surface area contributed by atoms with Gasteiger partial charge >= 0.3 is 0 Å². The second-order valence-corrected chi connectivity index (χ2v) is 12.4. The molecule has 1 fully saturated rings. The highest BCUT2D eigenvalue weighted by atomic mass is 35.5. The van der Waals surface area contributed by atoms with E-state index in [-0.39, 0.29) is 47.6 Å². The van der Waals surface area contributed by atoms with E-state index in [0.29, 0.717) is 22.3 Å². The Bertz CT molecular complexity index is 1430. The van der Waals surface area contributed by atoms with E-state index in [1.54, 1.807) is 15.6 Å². The summed E-state index contributed by atoms with van der Waals surface area (Å²) < 4.78 is 13.0. The maximum absolute atomic E-state index is 13.7. The van der Waals surface area contributed by atoms with Crippen molar-refractivity contribution < 1.29 is 19.1 Å². The Morgan fingerprint density at radius 1 is 1.16 bits per heavy atom. The molecule has 0 radical (unpaired) electrons. The number of amides is 2. The van der Waals surface area contributed by atoms with E-state index in [9.17, 15) is 9.59 Å². The summed E-state index contributed by atoms with van der Waals surface area (Å²) in [4.78, 5) is 28.3. The first kappa shape index (κ1) is 25.1. The fraction of sp³-hybridized carbons (Fsp3) is 0.393. The third-order valence-corrected chi connectivity index (χ3v) is 8.29. The normalized spacial score (nSPS) is 18.8. The lowest BCUT2D eigenvalue weighted by atomic mass is 9.87. The molecule has 1 saturated carbocycles. The van der Waals surface area contributed by atoms with Gasteiger partial charge in [-0.2, -0.15) is 5.10 Å². The molecule has 2 aliphatic heterocycles. The summed E-state index contributed by atoms with van der Waals surface area (Å²) >= 11 is 7.92. The monoisotopic (exact) mass is 552 g/mol. The van der Waals surface area contributed by atoms with Gasteiger partial charge in [0, 0.05) is 22.0 Å². The lowest BCUT2D eigenvalue weighted by Crippen LogP contribution is -2.43. The Morgan fingerprint density at radius 2 is 1.95 bits per heavy atom. The van der Waals surface area contributed by atoms with Crippen molar-refractivity contribution in [2.45, 2.75) is 50.3 Å². The first-order chi connectivity index (χ1) is 18.2. The molecule has 0 bridgehead atoms. The van der Waals surface area contributed by atoms with E-state index in [0.717, 1.165) is 35.3 Å². The Kier molecular flexibility index (Phi) is 6.31. The summed E-state index contributed by atoms with van der Waals surface area (Å²) in [7, 11) is 0. The minimum Gasteiger partial charge on any atom is -0.454 e. The van der Waals surface area contributed by atoms with Gasteiger partial charge in [0.2, 0.25) is 18.6 Å². The van der Waals surface area contributed by atoms with Crippen LogP contribution in [0.1, 0.15) is 55.7 Å². The number of aromatic nitrogens is 2. The highest BCUT2D eigenvalue weighted by Crippen LogP contribution is 2.50. The highest BCUT2D eigenvalue weighted by molar-refractivity contribution is 8.00. The molecule has 3 aliphatic rings. The SMILES string of the molecule is CC(C)(C)c1nn(-c2cccc(Cl)c2)c2c1[C@H](c1ccc3c(c1)OCO3)SCC(=O)N2CC(=O)NC1CC1. The van der Waals surface area contributed by atoms with Crippen LogP contribution in [-0.4, -0.2) is 46.7 Å². The quantitative estimate of drug-likeness (QED) is 0.479. The molecule has 198 valence electrons. The molecule has 1 aromatic heterocycles. The average Bonchev–Trinajstić information content (AvgIpc) is 3.43. The zero-order valence-corrected chi connectivity index (χ0v) is 23.1. The van der Waals surface area contributed by atoms with Crippen LogP contribution in [0.25, 0.3) is 5.69 Å². The van der Waals surface area contributed by atoms with Crippen molar-refractivity contribution in [1.29, 1.82) is 0 Å². The van der Waals surface area contributed by atoms with Gasteiger partial charge in [0.15, 0.2) is 11.5 Å². The van der Waals surface area contributed by atoms with E-state index in [2.05, 4.69) is 26.1 Å². The van der Waals surface area contributed by atoms with Crippen LogP contribution in [0.4, 0.5) is 5.82 Å². The molecule has 8 nitrogen and oxygen atoms in total. The predicted octanol–water partition coefficient (Wildman–Crippen LogP) is 5.00. The van der Waals surface area contributed by atoms with E-state index < -0.39 is 0 Å². The van der Waals surface area contributed by atoms with Gasteiger partial charge in [0.05, 0.1) is 22.4 Å². The largest absolute Gasteiger partial charge is 0.454 e. The minimum absolute atomic E-state index is 0.0768. The number of benzene rings is 2. The fourth-order valence-corrected chi connectivity index (χ4v) is 6.22. The van der Waals surface area contributed by atoms with Crippen LogP contribution in [-0.2, 0) is 15.0 Å². The van der Waals surface area contributed by atoms with Gasteiger partial charge in [-0.25, -0.2) is 4.68 Å². The van der Waals surface area contributed by atoms with Crippen molar-refractivity contribution in [1.82, 2.24) is 15.1 Å². The van der Waals surface area contributed by atoms with Crippen LogP contribution in [0.15, 0.2) is 42.5 Å². The summed E-state index contributed by atoms with van der Waals surface area (Å²) in [6.07, 6.45) is 1.95. The Labute approximate surface area is 230 Å². The molecule has 6 rings (SSSR count). The number of halogens is 1. The number of fused-ring (bicyclic) bond motifs is 2. The predicted molar refractivity (Wildman–Crippen MR) is 148 cm³/mol. The van der Waals surface area contributed by atoms with Gasteiger partial charge in [-0.1, -0.05) is 44.5 Å². The lowest BCUT2D eigenvalue weighted by Gasteiger charge is -2.24. The summed E-state index contributed by atoms with van der Waals surface area (Å²) in [5, 5.41) is 8.46. The average molecular weight is 553 g/mol. The summed E-state index contributed by atoms with van der Waals surface area (Å²) in [6, 6.07) is 13.5. The lowest BCUT2D eigenvalue weighted by molar-refractivity contribution is -0.123. The van der Waals surface area contributed by atoms with Gasteiger partial charge in [0.25, 0.3) is 0 Å². The maximum atomic E-state index is 13.7. The smallest absolute Gasteiger partial charge is 0.240 e. The fourth-order valence-electron chi connectivity index (χ4n) is 4.85. The zero-order chi connectivity index (χ0) is 26.6. The first-order valence-electron chi connectivity index (χ1n) is 12.7. The third kappa shape index (κ3) is 4.73. The van der Waals surface area contributed by atoms with Gasteiger partial charge in [-0.3, -0.25) is 14.5 Å². The van der Waals surface area contributed by atoms with Gasteiger partial charge in [0.1, 0.15) is 12.4 Å². The molecule has 2 aromatic carbocycles. The van der Waals surface area contributed by atoms with Crippen molar-refractivity contribution in [2.75, 3.05) is 24.0 Å². The van der Waals surface area contributed by atoms with Gasteiger partial charge in [-0.15, -0.1) is 11.8 Å². The molecule has 10 heteroatoms. The maximum Gasteiger partial charge on any atom is 0.240 e. The van der Waals surface area contributed by atoms with Crippen molar-refractivity contribution in [2.24, 2.45) is 0 Å². The van der Waals surface area contributed by atoms with E-state index in [4.69, 9.17) is 26.2 Å². The number of hydrogen-bond donors (Lipinski definition) is 1. The molecule has 1 N–H and O–H groups in total. The molecular weight excluding hydrogens is 524 g/mol. The van der Waals surface area contributed by atoms with E-state index in [1.807, 2.05) is 36.4 Å². The topological polar surface area (TPSA) is 85.7 Å². The van der Waals surface area contributed by atoms with E-state index >= 15 is 0 Å². The summed E-state index contributed by atoms with van der Waals surface area (Å²) in [5.74, 6) is 1.88. The van der Waals surface area contributed by atoms with Crippen molar-refractivity contribution in [3.63, 3.8) is 0 Å². The van der Waals surface area contributed by atoms with Crippen LogP contribution in [0, 0.1) is 0 Å². The second kappa shape index (κ2) is 9.54. The molecule has 3 aromatic rings. The zero-order valence-electron chi connectivity index (χ0n) is 21.5. The molecular formula is C28H29ClN4O4S. The number of nitrogens with one attached hydrogen (secondary N) is 1. The number of anilines is 1. The number of nitrogens with zero attached hydrogens (tertiary/aromatic N) is 3. The van der Waals surface area contributed by atoms with Crippen LogP contribution in [0.5, 0.6) is 11.5 Å². The Hall–Kier alpha value is -3.17. The standard InChI is InChI=1S/C28H29ClN4O4S/c1-28(2,3)26-24-25(16-7-10-20-21(11-16)37-15-36-20)38-14-23(35)32(13-22(34)30-18-8-9-18)27(24)33(31-26)19-6-4-5-17(29)12-19/h4-7,10-12,18,25H,8-9,13-15H2,1-3H3,(H,30,34)/t25-/m0/s1. The number of ether oxygens (including phenoxy) is 2. The number of thioether (sulfide) groups is 1. The molecule has 0 unspecified atom stereocenters. The van der Waals surface area contributed by atoms with Crippen LogP contribution in [0.3, 0.4) is 0 Å². The molecule has 0 saturated heterocycles. The number of carbonyl (C=O) groups is 2. The first-order valence-corrected chi connectivity index (χ1v) is 14.1. The molecule has 1 aliphatic carbocycles.